The second-order valence-electron chi connectivity index (χ2n) is 7.33. The molecule has 1 N–H and O–H groups in total. The van der Waals surface area contributed by atoms with Crippen LogP contribution in [0, 0.1) is 0 Å². The minimum Gasteiger partial charge on any atom is -0.496 e. The van der Waals surface area contributed by atoms with Gasteiger partial charge in [-0.2, -0.15) is 5.10 Å². The Hall–Kier alpha value is -2.31. The van der Waals surface area contributed by atoms with Gasteiger partial charge in [-0.1, -0.05) is 24.3 Å². The highest BCUT2D eigenvalue weighted by Gasteiger charge is 2.51. The summed E-state index contributed by atoms with van der Waals surface area (Å²) in [4.78, 5) is 0. The van der Waals surface area contributed by atoms with Crippen LogP contribution >= 0.6 is 0 Å². The van der Waals surface area contributed by atoms with Gasteiger partial charge in [0.1, 0.15) is 5.75 Å². The Morgan fingerprint density at radius 1 is 1.00 bits per heavy atom. The smallest absolute Gasteiger partial charge is 0.494 e. The third-order valence-corrected chi connectivity index (χ3v) is 4.95. The van der Waals surface area contributed by atoms with Crippen molar-refractivity contribution in [1.29, 1.82) is 0 Å². The van der Waals surface area contributed by atoms with Crippen LogP contribution in [0.3, 0.4) is 0 Å². The number of anilines is 1. The van der Waals surface area contributed by atoms with Gasteiger partial charge >= 0.3 is 7.12 Å². The quantitative estimate of drug-likeness (QED) is 0.509. The molecule has 5 nitrogen and oxygen atoms in total. The number of hydrazone groups is 1. The Kier molecular flexibility index (Phi) is 5.07. The fraction of sp³-hybridized carbons (Fsp3) is 0.350. The van der Waals surface area contributed by atoms with Crippen LogP contribution in [-0.4, -0.2) is 31.6 Å². The van der Waals surface area contributed by atoms with Crippen LogP contribution in [0.1, 0.15) is 33.3 Å². The summed E-state index contributed by atoms with van der Waals surface area (Å²) in [5, 5.41) is 4.31. The fourth-order valence-electron chi connectivity index (χ4n) is 2.67. The topological polar surface area (TPSA) is 52.1 Å². The van der Waals surface area contributed by atoms with E-state index in [1.807, 2.05) is 76.2 Å². The molecule has 0 bridgehead atoms. The fourth-order valence-corrected chi connectivity index (χ4v) is 2.67. The number of nitrogens with zero attached hydrogens (tertiary/aromatic N) is 1. The number of benzene rings is 2. The highest BCUT2D eigenvalue weighted by atomic mass is 16.7. The summed E-state index contributed by atoms with van der Waals surface area (Å²) in [5.41, 5.74) is 4.97. The van der Waals surface area contributed by atoms with Crippen LogP contribution in [0.5, 0.6) is 5.75 Å². The first-order valence-electron chi connectivity index (χ1n) is 8.70. The zero-order chi connectivity index (χ0) is 18.8. The number of methoxy groups -OCH3 is 1. The normalized spacial score (nSPS) is 18.3. The molecule has 0 aromatic heterocycles. The van der Waals surface area contributed by atoms with Crippen molar-refractivity contribution in [2.24, 2.45) is 5.10 Å². The van der Waals surface area contributed by atoms with Gasteiger partial charge in [0.25, 0.3) is 0 Å². The van der Waals surface area contributed by atoms with E-state index in [0.717, 1.165) is 22.5 Å². The second kappa shape index (κ2) is 7.13. The lowest BCUT2D eigenvalue weighted by Crippen LogP contribution is -2.41. The maximum Gasteiger partial charge on any atom is 0.494 e. The molecular weight excluding hydrogens is 327 g/mol. The molecule has 0 saturated carbocycles. The average Bonchev–Trinajstić information content (AvgIpc) is 2.83. The van der Waals surface area contributed by atoms with Crippen molar-refractivity contribution >= 4 is 24.5 Å². The predicted molar refractivity (Wildman–Crippen MR) is 106 cm³/mol. The molecule has 1 fully saturated rings. The van der Waals surface area contributed by atoms with Crippen molar-refractivity contribution < 1.29 is 14.0 Å². The molecule has 3 rings (SSSR count). The maximum absolute atomic E-state index is 6.13. The number of hydrogen-bond acceptors (Lipinski definition) is 5. The van der Waals surface area contributed by atoms with E-state index in [0.29, 0.717) is 0 Å². The molecule has 0 unspecified atom stereocenters. The molecule has 0 atom stereocenters. The summed E-state index contributed by atoms with van der Waals surface area (Å²) < 4.78 is 17.7. The lowest BCUT2D eigenvalue weighted by Gasteiger charge is -2.32. The first-order valence-corrected chi connectivity index (χ1v) is 8.70. The summed E-state index contributed by atoms with van der Waals surface area (Å²) in [6.45, 7) is 8.18. The van der Waals surface area contributed by atoms with Gasteiger partial charge in [-0.3, -0.25) is 5.43 Å². The van der Waals surface area contributed by atoms with Gasteiger partial charge in [0.15, 0.2) is 0 Å². The predicted octanol–water partition coefficient (Wildman–Crippen LogP) is 3.44. The molecule has 1 aliphatic heterocycles. The molecule has 1 heterocycles. The molecular formula is C20H25BN2O3. The monoisotopic (exact) mass is 352 g/mol. The van der Waals surface area contributed by atoms with Gasteiger partial charge in [-0.15, -0.1) is 0 Å². The molecule has 1 saturated heterocycles. The first-order chi connectivity index (χ1) is 12.3. The van der Waals surface area contributed by atoms with Gasteiger partial charge < -0.3 is 14.0 Å². The summed E-state index contributed by atoms with van der Waals surface area (Å²) in [6, 6.07) is 15.6. The highest BCUT2D eigenvalue weighted by Crippen LogP contribution is 2.36. The summed E-state index contributed by atoms with van der Waals surface area (Å²) in [5.74, 6) is 0.740. The summed E-state index contributed by atoms with van der Waals surface area (Å²) in [6.07, 6.45) is 1.74. The van der Waals surface area contributed by atoms with Gasteiger partial charge in [0.2, 0.25) is 0 Å². The lowest BCUT2D eigenvalue weighted by molar-refractivity contribution is 0.00578. The second-order valence-corrected chi connectivity index (χ2v) is 7.33. The molecule has 0 radical (unpaired) electrons. The van der Waals surface area contributed by atoms with Crippen molar-refractivity contribution in [1.82, 2.24) is 0 Å². The third kappa shape index (κ3) is 3.76. The minimum atomic E-state index is -0.417. The van der Waals surface area contributed by atoms with E-state index >= 15 is 0 Å². The standard InChI is InChI=1S/C20H25BN2O3/c1-19(2)20(3,4)26-21(25-19)16-11-12-18(24-5)15(13-16)14-22-23-17-9-7-6-8-10-17/h6-14,23H,1-5H3. The molecule has 6 heteroatoms. The SMILES string of the molecule is COc1ccc(B2OC(C)(C)C(C)(C)O2)cc1C=NNc1ccccc1. The molecule has 26 heavy (non-hydrogen) atoms. The zero-order valence-electron chi connectivity index (χ0n) is 15.9. The van der Waals surface area contributed by atoms with Crippen LogP contribution in [-0.2, 0) is 9.31 Å². The van der Waals surface area contributed by atoms with Crippen molar-refractivity contribution in [3.63, 3.8) is 0 Å². The highest BCUT2D eigenvalue weighted by molar-refractivity contribution is 6.62. The molecule has 0 aliphatic carbocycles. The molecule has 2 aromatic rings. The molecule has 0 amide bonds. The van der Waals surface area contributed by atoms with Crippen molar-refractivity contribution in [2.45, 2.75) is 38.9 Å². The summed E-state index contributed by atoms with van der Waals surface area (Å²) in [7, 11) is 1.23. The van der Waals surface area contributed by atoms with Crippen LogP contribution in [0.25, 0.3) is 0 Å². The van der Waals surface area contributed by atoms with E-state index in [2.05, 4.69) is 10.5 Å². The van der Waals surface area contributed by atoms with Gasteiger partial charge in [0, 0.05) is 5.56 Å². The Morgan fingerprint density at radius 2 is 1.65 bits per heavy atom. The van der Waals surface area contributed by atoms with E-state index in [-0.39, 0.29) is 11.2 Å². The first kappa shape index (κ1) is 18.5. The van der Waals surface area contributed by atoms with E-state index in [4.69, 9.17) is 14.0 Å². The van der Waals surface area contributed by atoms with Gasteiger partial charge in [0.05, 0.1) is 30.2 Å². The largest absolute Gasteiger partial charge is 0.496 e. The van der Waals surface area contributed by atoms with E-state index in [9.17, 15) is 0 Å². The minimum absolute atomic E-state index is 0.374. The lowest BCUT2D eigenvalue weighted by atomic mass is 9.78. The maximum atomic E-state index is 6.13. The number of hydrogen-bond donors (Lipinski definition) is 1. The Morgan fingerprint density at radius 3 is 2.27 bits per heavy atom. The van der Waals surface area contributed by atoms with Gasteiger partial charge in [-0.05, 0) is 57.4 Å². The number of rotatable bonds is 5. The molecule has 136 valence electrons. The number of nitrogens with one attached hydrogen (secondary N) is 1. The van der Waals surface area contributed by atoms with Crippen LogP contribution in [0.2, 0.25) is 0 Å². The van der Waals surface area contributed by atoms with E-state index in [1.165, 1.54) is 0 Å². The summed E-state index contributed by atoms with van der Waals surface area (Å²) >= 11 is 0. The van der Waals surface area contributed by atoms with Crippen molar-refractivity contribution in [3.8, 4) is 5.75 Å². The van der Waals surface area contributed by atoms with E-state index in [1.54, 1.807) is 13.3 Å². The Bertz CT molecular complexity index is 775. The average molecular weight is 352 g/mol. The molecule has 0 spiro atoms. The van der Waals surface area contributed by atoms with Crippen LogP contribution in [0.4, 0.5) is 5.69 Å². The number of para-hydroxylation sites is 1. The number of ether oxygens (including phenoxy) is 1. The molecule has 1 aliphatic rings. The molecule has 2 aromatic carbocycles. The van der Waals surface area contributed by atoms with E-state index < -0.39 is 7.12 Å². The Labute approximate surface area is 155 Å². The van der Waals surface area contributed by atoms with Crippen LogP contribution < -0.4 is 15.6 Å². The van der Waals surface area contributed by atoms with Crippen molar-refractivity contribution in [2.75, 3.05) is 12.5 Å². The third-order valence-electron chi connectivity index (χ3n) is 4.95. The Balaban J connectivity index is 1.81. The van der Waals surface area contributed by atoms with Crippen molar-refractivity contribution in [3.05, 3.63) is 54.1 Å². The zero-order valence-corrected chi connectivity index (χ0v) is 15.9. The van der Waals surface area contributed by atoms with Gasteiger partial charge in [-0.25, -0.2) is 0 Å². The van der Waals surface area contributed by atoms with Crippen LogP contribution in [0.15, 0.2) is 53.6 Å².